The van der Waals surface area contributed by atoms with Crippen LogP contribution < -0.4 is 0 Å². The standard InChI is InChI=1S/C42H40N2O2S2/c1-3-5-23-43-35-13-9-7-11-31(35)33-27-29(15-19-37(33)43)17-21-39(45)41(42-47-25-26-48-42)40(46)22-18-30-16-20-38-34(28-30)32-12-8-10-14-36(32)44(38)24-6-4-2/h7-22,27-28H,3-6,23-26H2,1-2H3/b21-17+,22-18+. The molecule has 1 fully saturated rings. The van der Waals surface area contributed by atoms with Crippen LogP contribution in [0, 0.1) is 0 Å². The summed E-state index contributed by atoms with van der Waals surface area (Å²) in [7, 11) is 0. The van der Waals surface area contributed by atoms with E-state index in [4.69, 9.17) is 0 Å². The zero-order chi connectivity index (χ0) is 33.0. The van der Waals surface area contributed by atoms with Gasteiger partial charge in [0.1, 0.15) is 0 Å². The number of unbranched alkanes of at least 4 members (excludes halogenated alkanes) is 2. The number of rotatable bonds is 12. The van der Waals surface area contributed by atoms with Crippen molar-refractivity contribution in [1.29, 1.82) is 0 Å². The molecule has 0 N–H and O–H groups in total. The lowest BCUT2D eigenvalue weighted by Crippen LogP contribution is -2.10. The summed E-state index contributed by atoms with van der Waals surface area (Å²) in [4.78, 5) is 27.5. The quantitative estimate of drug-likeness (QED) is 0.0739. The molecule has 0 saturated carbocycles. The molecular formula is C42H40N2O2S2. The molecule has 0 aliphatic carbocycles. The third-order valence-electron chi connectivity index (χ3n) is 9.16. The van der Waals surface area contributed by atoms with Crippen LogP contribution in [-0.2, 0) is 22.7 Å². The highest BCUT2D eigenvalue weighted by molar-refractivity contribution is 8.25. The number of carbonyl (C=O) groups excluding carboxylic acids is 2. The van der Waals surface area contributed by atoms with E-state index in [9.17, 15) is 9.59 Å². The molecule has 1 aliphatic heterocycles. The lowest BCUT2D eigenvalue weighted by Gasteiger charge is -2.06. The Morgan fingerprint density at radius 2 is 1.04 bits per heavy atom. The van der Waals surface area contributed by atoms with Crippen molar-refractivity contribution in [3.05, 3.63) is 118 Å². The fourth-order valence-corrected chi connectivity index (χ4v) is 9.31. The van der Waals surface area contributed by atoms with Crippen LogP contribution in [0.25, 0.3) is 55.8 Å². The van der Waals surface area contributed by atoms with Crippen LogP contribution >= 0.6 is 23.5 Å². The molecular weight excluding hydrogens is 629 g/mol. The summed E-state index contributed by atoms with van der Waals surface area (Å²) in [5.74, 6) is 1.30. The summed E-state index contributed by atoms with van der Waals surface area (Å²) >= 11 is 3.21. The van der Waals surface area contributed by atoms with E-state index < -0.39 is 0 Å². The van der Waals surface area contributed by atoms with Crippen LogP contribution in [0.4, 0.5) is 0 Å². The highest BCUT2D eigenvalue weighted by atomic mass is 32.2. The number of ketones is 2. The van der Waals surface area contributed by atoms with Crippen LogP contribution in [-0.4, -0.2) is 32.2 Å². The van der Waals surface area contributed by atoms with E-state index in [1.807, 2.05) is 12.2 Å². The van der Waals surface area contributed by atoms with Crippen molar-refractivity contribution in [2.24, 2.45) is 0 Å². The van der Waals surface area contributed by atoms with Crippen LogP contribution in [0.3, 0.4) is 0 Å². The Labute approximate surface area is 290 Å². The Hall–Kier alpha value is -4.26. The average Bonchev–Trinajstić information content (AvgIpc) is 3.83. The largest absolute Gasteiger partial charge is 0.340 e. The van der Waals surface area contributed by atoms with Crippen molar-refractivity contribution in [3.63, 3.8) is 0 Å². The van der Waals surface area contributed by atoms with E-state index >= 15 is 0 Å². The Morgan fingerprint density at radius 3 is 1.50 bits per heavy atom. The molecule has 0 amide bonds. The monoisotopic (exact) mass is 668 g/mol. The molecule has 48 heavy (non-hydrogen) atoms. The Morgan fingerprint density at radius 1 is 0.604 bits per heavy atom. The fraction of sp³-hybridized carbons (Fsp3) is 0.238. The smallest absolute Gasteiger partial charge is 0.191 e. The lowest BCUT2D eigenvalue weighted by atomic mass is 10.0. The summed E-state index contributed by atoms with van der Waals surface area (Å²) in [6.45, 7) is 6.39. The summed E-state index contributed by atoms with van der Waals surface area (Å²) in [6, 6.07) is 29.8. The first-order chi connectivity index (χ1) is 23.6. The minimum Gasteiger partial charge on any atom is -0.340 e. The molecule has 1 aliphatic rings. The first kappa shape index (κ1) is 32.3. The third kappa shape index (κ3) is 6.31. The van der Waals surface area contributed by atoms with E-state index in [2.05, 4.69) is 108 Å². The lowest BCUT2D eigenvalue weighted by molar-refractivity contribution is -0.116. The summed E-state index contributed by atoms with van der Waals surface area (Å²) in [6.07, 6.45) is 11.4. The van der Waals surface area contributed by atoms with Crippen molar-refractivity contribution in [3.8, 4) is 0 Å². The normalized spacial score (nSPS) is 13.8. The molecule has 0 radical (unpaired) electrons. The number of carbonyl (C=O) groups is 2. The van der Waals surface area contributed by atoms with Gasteiger partial charge in [0.05, 0.1) is 9.81 Å². The number of nitrogens with zero attached hydrogens (tertiary/aromatic N) is 2. The van der Waals surface area contributed by atoms with Gasteiger partial charge in [0.2, 0.25) is 0 Å². The zero-order valence-electron chi connectivity index (χ0n) is 27.6. The first-order valence-electron chi connectivity index (χ1n) is 17.0. The first-order valence-corrected chi connectivity index (χ1v) is 19.0. The van der Waals surface area contributed by atoms with E-state index in [0.717, 1.165) is 65.6 Å². The molecule has 7 rings (SSSR count). The summed E-state index contributed by atoms with van der Waals surface area (Å²) in [5.41, 5.74) is 7.04. The Balaban J connectivity index is 1.16. The maximum Gasteiger partial charge on any atom is 0.191 e. The van der Waals surface area contributed by atoms with Gasteiger partial charge in [-0.1, -0.05) is 87.4 Å². The average molecular weight is 669 g/mol. The number of aryl methyl sites for hydroxylation is 2. The minimum atomic E-state index is -0.249. The number of fused-ring (bicyclic) bond motifs is 6. The molecule has 0 unspecified atom stereocenters. The summed E-state index contributed by atoms with van der Waals surface area (Å²) < 4.78 is 5.62. The highest BCUT2D eigenvalue weighted by Crippen LogP contribution is 2.40. The van der Waals surface area contributed by atoms with Crippen molar-refractivity contribution in [2.45, 2.75) is 52.6 Å². The zero-order valence-corrected chi connectivity index (χ0v) is 29.2. The van der Waals surface area contributed by atoms with Crippen molar-refractivity contribution in [2.75, 3.05) is 11.5 Å². The number of aromatic nitrogens is 2. The second-order valence-electron chi connectivity index (χ2n) is 12.4. The molecule has 242 valence electrons. The highest BCUT2D eigenvalue weighted by Gasteiger charge is 2.23. The molecule has 0 spiro atoms. The molecule has 1 saturated heterocycles. The van der Waals surface area contributed by atoms with Gasteiger partial charge in [0.15, 0.2) is 11.6 Å². The van der Waals surface area contributed by atoms with Gasteiger partial charge in [0.25, 0.3) is 0 Å². The molecule has 0 atom stereocenters. The number of benzene rings is 4. The maximum absolute atomic E-state index is 13.7. The van der Waals surface area contributed by atoms with Crippen molar-refractivity contribution in [1.82, 2.24) is 9.13 Å². The Bertz CT molecular complexity index is 2110. The van der Waals surface area contributed by atoms with Gasteiger partial charge in [0, 0.05) is 68.2 Å². The van der Waals surface area contributed by atoms with Gasteiger partial charge in [-0.3, -0.25) is 9.59 Å². The SMILES string of the molecule is CCCCn1c2ccccc2c2cc(/C=C/C(=O)C(C(=O)/C=C/c3ccc4c(c3)c3ccccc3n4CCCC)=C3SCCS3)ccc21. The fourth-order valence-electron chi connectivity index (χ4n) is 6.75. The molecule has 2 aromatic heterocycles. The molecule has 3 heterocycles. The van der Waals surface area contributed by atoms with E-state index in [-0.39, 0.29) is 17.1 Å². The van der Waals surface area contributed by atoms with Crippen molar-refractivity contribution >= 4 is 90.9 Å². The molecule has 4 aromatic carbocycles. The number of allylic oxidation sites excluding steroid dienone is 3. The number of hydrogen-bond donors (Lipinski definition) is 0. The van der Waals surface area contributed by atoms with Gasteiger partial charge in [-0.2, -0.15) is 0 Å². The number of para-hydroxylation sites is 2. The second kappa shape index (κ2) is 14.5. The van der Waals surface area contributed by atoms with E-state index in [1.54, 1.807) is 35.7 Å². The van der Waals surface area contributed by atoms with E-state index in [1.165, 1.54) is 43.6 Å². The van der Waals surface area contributed by atoms with Gasteiger partial charge in [-0.05, 0) is 72.5 Å². The number of thioether (sulfide) groups is 2. The molecule has 6 aromatic rings. The molecule has 6 heteroatoms. The van der Waals surface area contributed by atoms with Gasteiger partial charge < -0.3 is 9.13 Å². The van der Waals surface area contributed by atoms with Crippen molar-refractivity contribution < 1.29 is 9.59 Å². The minimum absolute atomic E-state index is 0.249. The van der Waals surface area contributed by atoms with E-state index in [0.29, 0.717) is 0 Å². The van der Waals surface area contributed by atoms with Crippen LogP contribution in [0.1, 0.15) is 50.7 Å². The third-order valence-corrected chi connectivity index (χ3v) is 11.9. The predicted molar refractivity (Wildman–Crippen MR) is 209 cm³/mol. The second-order valence-corrected chi connectivity index (χ2v) is 14.8. The molecule has 0 bridgehead atoms. The Kier molecular flexibility index (Phi) is 9.73. The summed E-state index contributed by atoms with van der Waals surface area (Å²) in [5, 5.41) is 4.80. The van der Waals surface area contributed by atoms with Gasteiger partial charge >= 0.3 is 0 Å². The topological polar surface area (TPSA) is 44.0 Å². The van der Waals surface area contributed by atoms with Crippen LogP contribution in [0.5, 0.6) is 0 Å². The molecule has 4 nitrogen and oxygen atoms in total. The number of hydrogen-bond acceptors (Lipinski definition) is 4. The van der Waals surface area contributed by atoms with Gasteiger partial charge in [-0.25, -0.2) is 0 Å². The predicted octanol–water partition coefficient (Wildman–Crippen LogP) is 11.1. The maximum atomic E-state index is 13.7. The van der Waals surface area contributed by atoms with Gasteiger partial charge in [-0.15, -0.1) is 23.5 Å². The van der Waals surface area contributed by atoms with Crippen LogP contribution in [0.15, 0.2) is 107 Å². The van der Waals surface area contributed by atoms with Crippen LogP contribution in [0.2, 0.25) is 0 Å².